The van der Waals surface area contributed by atoms with Gasteiger partial charge in [0.25, 0.3) is 0 Å². The van der Waals surface area contributed by atoms with Crippen LogP contribution in [0.4, 0.5) is 5.69 Å². The van der Waals surface area contributed by atoms with Gasteiger partial charge in [-0.15, -0.1) is 0 Å². The Morgan fingerprint density at radius 1 is 1.09 bits per heavy atom. The summed E-state index contributed by atoms with van der Waals surface area (Å²) < 4.78 is 11.3. The lowest BCUT2D eigenvalue weighted by Crippen LogP contribution is -2.41. The van der Waals surface area contributed by atoms with Crippen LogP contribution in [0, 0.1) is 20.8 Å². The second-order valence-electron chi connectivity index (χ2n) is 11.0. The molecule has 1 aliphatic rings. The molecule has 44 heavy (non-hydrogen) atoms. The van der Waals surface area contributed by atoms with E-state index in [2.05, 4.69) is 20.4 Å². The highest BCUT2D eigenvalue weighted by atomic mass is 16.5. The standard InChI is InChI=1S/C33H31N7O4/c1-17-30(18(2)44-39-17)24-13-26-23(14-27(24)43-4)31-32(35-19(3)36-33(31)38-26)22-9-10-25(21-8-6-5-7-20(21)22)37-29(42)16-40-12-11-34-28(41)15-40/h5-11,13-14,28,41H,12,15-16H2,1-4H3,(H,37,42)(H,35,36,38). The van der Waals surface area contributed by atoms with Crippen LogP contribution in [-0.4, -0.2) is 75.2 Å². The first-order valence-electron chi connectivity index (χ1n) is 14.4. The van der Waals surface area contributed by atoms with Crippen LogP contribution in [0.3, 0.4) is 0 Å². The highest BCUT2D eigenvalue weighted by Gasteiger charge is 2.23. The van der Waals surface area contributed by atoms with Gasteiger partial charge in [-0.1, -0.05) is 35.5 Å². The first kappa shape index (κ1) is 27.7. The number of β-amino-alcohol motifs (C(OH)–C–C–N with tert-alkyl or cyclic N) is 1. The number of rotatable bonds is 6. The molecule has 3 aromatic carbocycles. The Hall–Kier alpha value is -5.13. The lowest BCUT2D eigenvalue weighted by atomic mass is 9.97. The predicted molar refractivity (Wildman–Crippen MR) is 170 cm³/mol. The number of carbonyl (C=O) groups is 1. The van der Waals surface area contributed by atoms with Crippen molar-refractivity contribution in [3.8, 4) is 28.1 Å². The van der Waals surface area contributed by atoms with E-state index in [1.54, 1.807) is 13.3 Å². The smallest absolute Gasteiger partial charge is 0.238 e. The molecule has 3 N–H and O–H groups in total. The number of nitrogens with one attached hydrogen (secondary N) is 2. The molecule has 0 radical (unpaired) electrons. The number of aromatic nitrogens is 4. The van der Waals surface area contributed by atoms with Crippen molar-refractivity contribution in [3.63, 3.8) is 0 Å². The molecule has 0 bridgehead atoms. The Balaban J connectivity index is 1.35. The molecule has 1 aliphatic heterocycles. The van der Waals surface area contributed by atoms with Gasteiger partial charge < -0.3 is 24.7 Å². The van der Waals surface area contributed by atoms with Gasteiger partial charge in [-0.3, -0.25) is 14.7 Å². The quantitative estimate of drug-likeness (QED) is 0.242. The Morgan fingerprint density at radius 3 is 2.66 bits per heavy atom. The Kier molecular flexibility index (Phi) is 6.83. The van der Waals surface area contributed by atoms with Gasteiger partial charge in [-0.2, -0.15) is 0 Å². The van der Waals surface area contributed by atoms with Gasteiger partial charge in [0, 0.05) is 52.4 Å². The maximum Gasteiger partial charge on any atom is 0.238 e. The summed E-state index contributed by atoms with van der Waals surface area (Å²) in [6.07, 6.45) is 0.824. The fraction of sp³-hybridized carbons (Fsp3) is 0.242. The minimum absolute atomic E-state index is 0.151. The number of H-pyrrole nitrogens is 1. The van der Waals surface area contributed by atoms with Crippen molar-refractivity contribution < 1.29 is 19.2 Å². The molecule has 11 nitrogen and oxygen atoms in total. The second kappa shape index (κ2) is 10.9. The highest BCUT2D eigenvalue weighted by Crippen LogP contribution is 2.42. The van der Waals surface area contributed by atoms with Crippen LogP contribution in [0.2, 0.25) is 0 Å². The number of nitrogens with zero attached hydrogens (tertiary/aromatic N) is 5. The molecule has 6 aromatic rings. The van der Waals surface area contributed by atoms with E-state index < -0.39 is 6.23 Å². The fourth-order valence-electron chi connectivity index (χ4n) is 6.14. The maximum absolute atomic E-state index is 13.0. The molecule has 1 amide bonds. The molecule has 0 aliphatic carbocycles. The molecule has 0 saturated carbocycles. The van der Waals surface area contributed by atoms with Crippen LogP contribution in [0.15, 0.2) is 58.0 Å². The lowest BCUT2D eigenvalue weighted by Gasteiger charge is -2.24. The van der Waals surface area contributed by atoms with Crippen molar-refractivity contribution in [1.82, 2.24) is 25.0 Å². The number of ether oxygens (including phenoxy) is 1. The molecule has 1 atom stereocenters. The van der Waals surface area contributed by atoms with Gasteiger partial charge in [0.05, 0.1) is 36.0 Å². The SMILES string of the molecule is COc1cc2c(cc1-c1c(C)noc1C)[nH]c1nc(C)nc(-c3ccc(NC(=O)CN4CC=NC(O)C4)c4ccccc34)c12. The Bertz CT molecular complexity index is 2090. The zero-order valence-electron chi connectivity index (χ0n) is 24.8. The van der Waals surface area contributed by atoms with Crippen LogP contribution in [-0.2, 0) is 4.79 Å². The van der Waals surface area contributed by atoms with Gasteiger partial charge in [0.2, 0.25) is 5.91 Å². The Morgan fingerprint density at radius 2 is 1.91 bits per heavy atom. The van der Waals surface area contributed by atoms with Crippen LogP contribution in [0.1, 0.15) is 17.3 Å². The van der Waals surface area contributed by atoms with E-state index in [4.69, 9.17) is 19.2 Å². The molecular formula is C33H31N7O4. The number of aliphatic hydroxyl groups excluding tert-OH is 1. The van der Waals surface area contributed by atoms with Crippen LogP contribution < -0.4 is 10.1 Å². The third kappa shape index (κ3) is 4.76. The molecule has 1 unspecified atom stereocenters. The summed E-state index contributed by atoms with van der Waals surface area (Å²) in [5.74, 6) is 1.87. The summed E-state index contributed by atoms with van der Waals surface area (Å²) >= 11 is 0. The number of amides is 1. The topological polar surface area (TPSA) is 142 Å². The van der Waals surface area contributed by atoms with E-state index in [0.29, 0.717) is 41.8 Å². The third-order valence-corrected chi connectivity index (χ3v) is 8.04. The number of aliphatic imine (C=N–C) groups is 1. The summed E-state index contributed by atoms with van der Waals surface area (Å²) in [4.78, 5) is 32.0. The Labute approximate surface area is 252 Å². The second-order valence-corrected chi connectivity index (χ2v) is 11.0. The molecule has 0 spiro atoms. The van der Waals surface area contributed by atoms with Crippen molar-refractivity contribution in [2.45, 2.75) is 27.0 Å². The maximum atomic E-state index is 13.0. The number of hydrogen-bond acceptors (Lipinski definition) is 9. The first-order valence-corrected chi connectivity index (χ1v) is 14.4. The number of hydrogen-bond donors (Lipinski definition) is 3. The van der Waals surface area contributed by atoms with E-state index in [1.165, 1.54) is 0 Å². The van der Waals surface area contributed by atoms with Gasteiger partial charge >= 0.3 is 0 Å². The molecule has 4 heterocycles. The van der Waals surface area contributed by atoms with Gasteiger partial charge in [0.15, 0.2) is 6.23 Å². The fourth-order valence-corrected chi connectivity index (χ4v) is 6.14. The summed E-state index contributed by atoms with van der Waals surface area (Å²) in [7, 11) is 1.65. The molecular weight excluding hydrogens is 558 g/mol. The largest absolute Gasteiger partial charge is 0.496 e. The molecule has 3 aromatic heterocycles. The van der Waals surface area contributed by atoms with Crippen molar-refractivity contribution >= 4 is 50.5 Å². The monoisotopic (exact) mass is 589 g/mol. The van der Waals surface area contributed by atoms with Gasteiger partial charge in [0.1, 0.15) is 23.0 Å². The van der Waals surface area contributed by atoms with E-state index >= 15 is 0 Å². The van der Waals surface area contributed by atoms with Gasteiger partial charge in [-0.05, 0) is 44.4 Å². The number of aromatic amines is 1. The zero-order valence-corrected chi connectivity index (χ0v) is 24.8. The minimum atomic E-state index is -0.809. The number of carbonyl (C=O) groups excluding carboxylic acids is 1. The predicted octanol–water partition coefficient (Wildman–Crippen LogP) is 5.16. The summed E-state index contributed by atoms with van der Waals surface area (Å²) in [6, 6.07) is 15.9. The molecule has 0 fully saturated rings. The molecule has 222 valence electrons. The number of aryl methyl sites for hydroxylation is 3. The average molecular weight is 590 g/mol. The number of methoxy groups -OCH3 is 1. The van der Waals surface area contributed by atoms with Gasteiger partial charge in [-0.25, -0.2) is 9.97 Å². The molecule has 11 heteroatoms. The van der Waals surface area contributed by atoms with E-state index in [0.717, 1.165) is 55.1 Å². The summed E-state index contributed by atoms with van der Waals surface area (Å²) in [5.41, 5.74) is 6.57. The normalized spacial score (nSPS) is 15.4. The summed E-state index contributed by atoms with van der Waals surface area (Å²) in [6.45, 7) is 6.67. The van der Waals surface area contributed by atoms with Crippen molar-refractivity contribution in [2.75, 3.05) is 32.1 Å². The number of anilines is 1. The highest BCUT2D eigenvalue weighted by molar-refractivity contribution is 6.17. The summed E-state index contributed by atoms with van der Waals surface area (Å²) in [5, 5.41) is 20.7. The van der Waals surface area contributed by atoms with E-state index in [-0.39, 0.29) is 12.5 Å². The van der Waals surface area contributed by atoms with Crippen LogP contribution >= 0.6 is 0 Å². The van der Waals surface area contributed by atoms with E-state index in [1.807, 2.05) is 74.2 Å². The number of benzene rings is 3. The zero-order chi connectivity index (χ0) is 30.5. The van der Waals surface area contributed by atoms with E-state index in [9.17, 15) is 9.90 Å². The molecule has 0 saturated heterocycles. The molecule has 7 rings (SSSR count). The number of fused-ring (bicyclic) bond motifs is 4. The van der Waals surface area contributed by atoms with Crippen molar-refractivity contribution in [1.29, 1.82) is 0 Å². The van der Waals surface area contributed by atoms with Crippen molar-refractivity contribution in [2.24, 2.45) is 4.99 Å². The minimum Gasteiger partial charge on any atom is -0.496 e. The number of aliphatic hydroxyl groups is 1. The lowest BCUT2D eigenvalue weighted by molar-refractivity contribution is -0.117. The van der Waals surface area contributed by atoms with Crippen LogP contribution in [0.5, 0.6) is 5.75 Å². The third-order valence-electron chi connectivity index (χ3n) is 8.04. The van der Waals surface area contributed by atoms with Crippen LogP contribution in [0.25, 0.3) is 55.1 Å². The van der Waals surface area contributed by atoms with Crippen molar-refractivity contribution in [3.05, 3.63) is 65.8 Å². The average Bonchev–Trinajstić information content (AvgIpc) is 3.53. The first-order chi connectivity index (χ1) is 21.3.